The number of hydrogen-bond acceptors (Lipinski definition) is 2. The van der Waals surface area contributed by atoms with Crippen LogP contribution in [0.25, 0.3) is 0 Å². The third-order valence-corrected chi connectivity index (χ3v) is 2.91. The first-order valence-electron chi connectivity index (χ1n) is 5.12. The van der Waals surface area contributed by atoms with Gasteiger partial charge in [0.2, 0.25) is 0 Å². The van der Waals surface area contributed by atoms with Gasteiger partial charge in [0.1, 0.15) is 0 Å². The van der Waals surface area contributed by atoms with Crippen molar-refractivity contribution in [3.8, 4) is 0 Å². The third-order valence-electron chi connectivity index (χ3n) is 2.56. The molecular weight excluding hydrogens is 222 g/mol. The van der Waals surface area contributed by atoms with E-state index in [9.17, 15) is 0 Å². The van der Waals surface area contributed by atoms with Crippen molar-refractivity contribution in [3.63, 3.8) is 0 Å². The average Bonchev–Trinajstić information content (AvgIpc) is 2.69. The van der Waals surface area contributed by atoms with Crippen LogP contribution in [-0.2, 0) is 7.05 Å². The Kier molecular flexibility index (Phi) is 3.27. The molecule has 0 aliphatic rings. The molecule has 16 heavy (non-hydrogen) atoms. The summed E-state index contributed by atoms with van der Waals surface area (Å²) in [4.78, 5) is 0. The van der Waals surface area contributed by atoms with Crippen molar-refractivity contribution in [2.75, 3.05) is 7.05 Å². The lowest BCUT2D eigenvalue weighted by molar-refractivity contribution is 0.689. The van der Waals surface area contributed by atoms with E-state index in [0.717, 1.165) is 16.1 Å². The van der Waals surface area contributed by atoms with Crippen molar-refractivity contribution in [1.29, 1.82) is 0 Å². The fraction of sp³-hybridized carbons (Fsp3) is 0.250. The normalized spacial score (nSPS) is 12.7. The molecule has 0 spiro atoms. The lowest BCUT2D eigenvalue weighted by atomic mass is 10.0. The number of benzene rings is 1. The molecule has 0 radical (unpaired) electrons. The van der Waals surface area contributed by atoms with E-state index in [1.54, 1.807) is 4.68 Å². The third kappa shape index (κ3) is 2.10. The average molecular weight is 236 g/mol. The van der Waals surface area contributed by atoms with Crippen molar-refractivity contribution in [2.24, 2.45) is 7.05 Å². The zero-order valence-corrected chi connectivity index (χ0v) is 10.1. The monoisotopic (exact) mass is 235 g/mol. The largest absolute Gasteiger partial charge is 0.309 e. The van der Waals surface area contributed by atoms with Crippen LogP contribution in [0.15, 0.2) is 36.7 Å². The number of aromatic nitrogens is 2. The molecule has 0 aliphatic heterocycles. The van der Waals surface area contributed by atoms with Gasteiger partial charge in [-0.3, -0.25) is 4.68 Å². The van der Waals surface area contributed by atoms with Crippen LogP contribution in [0.3, 0.4) is 0 Å². The first-order valence-corrected chi connectivity index (χ1v) is 5.50. The van der Waals surface area contributed by atoms with Gasteiger partial charge in [-0.2, -0.15) is 5.10 Å². The van der Waals surface area contributed by atoms with E-state index in [1.165, 1.54) is 0 Å². The van der Waals surface area contributed by atoms with Gasteiger partial charge in [-0.1, -0.05) is 29.8 Å². The lowest BCUT2D eigenvalue weighted by Crippen LogP contribution is -2.17. The highest BCUT2D eigenvalue weighted by Crippen LogP contribution is 2.27. The summed E-state index contributed by atoms with van der Waals surface area (Å²) in [5.74, 6) is 0. The number of rotatable bonds is 3. The van der Waals surface area contributed by atoms with E-state index >= 15 is 0 Å². The SMILES string of the molecule is CNC(c1cnn(C)c1)c1ccccc1Cl. The Balaban J connectivity index is 2.40. The summed E-state index contributed by atoms with van der Waals surface area (Å²) in [5.41, 5.74) is 2.18. The van der Waals surface area contributed by atoms with Crippen molar-refractivity contribution in [3.05, 3.63) is 52.8 Å². The Labute approximate surface area is 100 Å². The molecule has 1 heterocycles. The molecule has 2 aromatic rings. The molecular formula is C12H14ClN3. The van der Waals surface area contributed by atoms with Crippen LogP contribution >= 0.6 is 11.6 Å². The maximum atomic E-state index is 6.19. The van der Waals surface area contributed by atoms with E-state index in [-0.39, 0.29) is 6.04 Å². The zero-order valence-electron chi connectivity index (χ0n) is 9.31. The molecule has 1 N–H and O–H groups in total. The lowest BCUT2D eigenvalue weighted by Gasteiger charge is -2.16. The van der Waals surface area contributed by atoms with E-state index in [1.807, 2.05) is 50.8 Å². The van der Waals surface area contributed by atoms with E-state index in [0.29, 0.717) is 0 Å². The molecule has 0 saturated carbocycles. The summed E-state index contributed by atoms with van der Waals surface area (Å²) in [7, 11) is 3.82. The van der Waals surface area contributed by atoms with Gasteiger partial charge < -0.3 is 5.32 Å². The Bertz CT molecular complexity index is 479. The summed E-state index contributed by atoms with van der Waals surface area (Å²) in [6, 6.07) is 7.93. The van der Waals surface area contributed by atoms with Gasteiger partial charge in [-0.25, -0.2) is 0 Å². The second kappa shape index (κ2) is 4.68. The molecule has 1 aromatic carbocycles. The molecule has 1 unspecified atom stereocenters. The van der Waals surface area contributed by atoms with Gasteiger partial charge in [-0.05, 0) is 18.7 Å². The fourth-order valence-electron chi connectivity index (χ4n) is 1.80. The maximum absolute atomic E-state index is 6.19. The minimum atomic E-state index is 0.0856. The van der Waals surface area contributed by atoms with Crippen LogP contribution in [0.5, 0.6) is 0 Å². The molecule has 2 rings (SSSR count). The van der Waals surface area contributed by atoms with Crippen molar-refractivity contribution in [2.45, 2.75) is 6.04 Å². The van der Waals surface area contributed by atoms with Gasteiger partial charge in [0.15, 0.2) is 0 Å². The minimum absolute atomic E-state index is 0.0856. The quantitative estimate of drug-likeness (QED) is 0.886. The standard InChI is InChI=1S/C12H14ClN3/c1-14-12(9-7-15-16(2)8-9)10-5-3-4-6-11(10)13/h3-8,12,14H,1-2H3. The molecule has 3 nitrogen and oxygen atoms in total. The van der Waals surface area contributed by atoms with E-state index in [4.69, 9.17) is 11.6 Å². The molecule has 0 aliphatic carbocycles. The van der Waals surface area contributed by atoms with Crippen LogP contribution in [0.2, 0.25) is 5.02 Å². The van der Waals surface area contributed by atoms with Gasteiger partial charge in [0.25, 0.3) is 0 Å². The molecule has 0 bridgehead atoms. The number of aryl methyl sites for hydroxylation is 1. The predicted molar refractivity (Wildman–Crippen MR) is 65.6 cm³/mol. The summed E-state index contributed by atoms with van der Waals surface area (Å²) >= 11 is 6.19. The van der Waals surface area contributed by atoms with Gasteiger partial charge in [-0.15, -0.1) is 0 Å². The minimum Gasteiger partial charge on any atom is -0.309 e. The molecule has 84 valence electrons. The van der Waals surface area contributed by atoms with Gasteiger partial charge in [0.05, 0.1) is 12.2 Å². The Morgan fingerprint density at radius 1 is 1.38 bits per heavy atom. The van der Waals surface area contributed by atoms with Crippen molar-refractivity contribution in [1.82, 2.24) is 15.1 Å². The molecule has 0 amide bonds. The van der Waals surface area contributed by atoms with Crippen LogP contribution in [-0.4, -0.2) is 16.8 Å². The van der Waals surface area contributed by atoms with Gasteiger partial charge in [0, 0.05) is 23.8 Å². The number of nitrogens with one attached hydrogen (secondary N) is 1. The number of halogens is 1. The second-order valence-electron chi connectivity index (χ2n) is 3.69. The van der Waals surface area contributed by atoms with Crippen LogP contribution in [0.1, 0.15) is 17.2 Å². The van der Waals surface area contributed by atoms with E-state index in [2.05, 4.69) is 10.4 Å². The molecule has 1 aromatic heterocycles. The summed E-state index contributed by atoms with van der Waals surface area (Å²) in [6.45, 7) is 0. The maximum Gasteiger partial charge on any atom is 0.0620 e. The topological polar surface area (TPSA) is 29.9 Å². The van der Waals surface area contributed by atoms with Crippen LogP contribution in [0, 0.1) is 0 Å². The van der Waals surface area contributed by atoms with Gasteiger partial charge >= 0.3 is 0 Å². The highest BCUT2D eigenvalue weighted by atomic mass is 35.5. The Hall–Kier alpha value is -1.32. The first kappa shape index (κ1) is 11.2. The highest BCUT2D eigenvalue weighted by molar-refractivity contribution is 6.31. The molecule has 0 fully saturated rings. The van der Waals surface area contributed by atoms with Crippen molar-refractivity contribution < 1.29 is 0 Å². The predicted octanol–water partition coefficient (Wildman–Crippen LogP) is 2.38. The zero-order chi connectivity index (χ0) is 11.5. The fourth-order valence-corrected chi connectivity index (χ4v) is 2.04. The Morgan fingerprint density at radius 3 is 2.69 bits per heavy atom. The number of hydrogen-bond donors (Lipinski definition) is 1. The second-order valence-corrected chi connectivity index (χ2v) is 4.10. The summed E-state index contributed by atoms with van der Waals surface area (Å²) in [6.07, 6.45) is 3.84. The van der Waals surface area contributed by atoms with Crippen LogP contribution in [0.4, 0.5) is 0 Å². The van der Waals surface area contributed by atoms with Crippen molar-refractivity contribution >= 4 is 11.6 Å². The molecule has 4 heteroatoms. The first-order chi connectivity index (χ1) is 7.72. The summed E-state index contributed by atoms with van der Waals surface area (Å²) < 4.78 is 1.79. The highest BCUT2D eigenvalue weighted by Gasteiger charge is 2.15. The summed E-state index contributed by atoms with van der Waals surface area (Å²) in [5, 5.41) is 8.19. The Morgan fingerprint density at radius 2 is 2.12 bits per heavy atom. The van der Waals surface area contributed by atoms with E-state index < -0.39 is 0 Å². The smallest absolute Gasteiger partial charge is 0.0620 e. The molecule has 1 atom stereocenters. The molecule has 0 saturated heterocycles. The number of nitrogens with zero attached hydrogens (tertiary/aromatic N) is 2. The van der Waals surface area contributed by atoms with Crippen LogP contribution < -0.4 is 5.32 Å².